The van der Waals surface area contributed by atoms with E-state index in [9.17, 15) is 21.6 Å². The van der Waals surface area contributed by atoms with Crippen LogP contribution < -0.4 is 15.0 Å². The predicted molar refractivity (Wildman–Crippen MR) is 145 cm³/mol. The van der Waals surface area contributed by atoms with Gasteiger partial charge in [-0.2, -0.15) is 13.2 Å². The Labute approximate surface area is 230 Å². The van der Waals surface area contributed by atoms with Gasteiger partial charge in [-0.3, -0.25) is 0 Å². The molecule has 2 fully saturated rings. The van der Waals surface area contributed by atoms with Crippen LogP contribution in [0, 0.1) is 11.8 Å². The van der Waals surface area contributed by atoms with Gasteiger partial charge in [-0.15, -0.1) is 0 Å². The second-order valence-electron chi connectivity index (χ2n) is 10.5. The first-order valence-corrected chi connectivity index (χ1v) is 14.9. The van der Waals surface area contributed by atoms with Crippen LogP contribution in [0.25, 0.3) is 10.9 Å². The maximum absolute atomic E-state index is 13.6. The Morgan fingerprint density at radius 2 is 1.90 bits per heavy atom. The molecule has 0 radical (unpaired) electrons. The molecule has 2 unspecified atom stereocenters. The average molecular weight is 575 g/mol. The second-order valence-corrected chi connectivity index (χ2v) is 12.6. The van der Waals surface area contributed by atoms with Gasteiger partial charge in [0.2, 0.25) is 6.29 Å². The Balaban J connectivity index is 1.30. The van der Waals surface area contributed by atoms with E-state index in [1.165, 1.54) is 16.7 Å². The molecule has 0 amide bonds. The number of nitrogens with one attached hydrogen (secondary N) is 1. The third-order valence-electron chi connectivity index (χ3n) is 7.48. The molecule has 0 spiro atoms. The first-order valence-electron chi connectivity index (χ1n) is 13.0. The highest BCUT2D eigenvalue weighted by Crippen LogP contribution is 2.44. The molecule has 3 aliphatic rings. The minimum absolute atomic E-state index is 0.123. The van der Waals surface area contributed by atoms with Crippen LogP contribution in [-0.2, 0) is 21.1 Å². The maximum atomic E-state index is 13.6. The molecule has 4 heterocycles. The third-order valence-corrected chi connectivity index (χ3v) is 8.59. The van der Waals surface area contributed by atoms with Crippen molar-refractivity contribution >= 4 is 32.1 Å². The summed E-state index contributed by atoms with van der Waals surface area (Å²) < 4.78 is 77.3. The standard InChI is InChI=1S/C28H29F3N4O4S/c1-33-13-10-18(11-14-33)32-22-6-3-7-23-21(22)15-19(35(23)17-28(29,30)31)5-4-12-34-24-9-8-20(40(2,36)37)16-25(24)38-27-26(34)39-27/h3,6-9,15-16,18,26-27,32H,10-14,17H2,1-2H3. The van der Waals surface area contributed by atoms with E-state index < -0.39 is 35.1 Å². The van der Waals surface area contributed by atoms with Gasteiger partial charge in [0, 0.05) is 29.4 Å². The highest BCUT2D eigenvalue weighted by atomic mass is 32.2. The molecule has 3 aromatic rings. The number of hydrogen-bond donors (Lipinski definition) is 1. The average Bonchev–Trinajstić information content (AvgIpc) is 3.58. The van der Waals surface area contributed by atoms with Gasteiger partial charge in [0.15, 0.2) is 16.1 Å². The molecule has 0 saturated carbocycles. The van der Waals surface area contributed by atoms with Crippen molar-refractivity contribution in [1.82, 2.24) is 9.47 Å². The lowest BCUT2D eigenvalue weighted by atomic mass is 10.0. The van der Waals surface area contributed by atoms with Crippen LogP contribution in [0.5, 0.6) is 5.75 Å². The number of rotatable bonds is 5. The summed E-state index contributed by atoms with van der Waals surface area (Å²) in [4.78, 5) is 4.21. The lowest BCUT2D eigenvalue weighted by Crippen LogP contribution is -2.36. The molecule has 1 aromatic heterocycles. The fraction of sp³-hybridized carbons (Fsp3) is 0.429. The van der Waals surface area contributed by atoms with Crippen LogP contribution >= 0.6 is 0 Å². The van der Waals surface area contributed by atoms with Crippen LogP contribution in [0.4, 0.5) is 24.5 Å². The van der Waals surface area contributed by atoms with Gasteiger partial charge in [0.25, 0.3) is 0 Å². The number of benzene rings is 2. The molecule has 3 aliphatic heterocycles. The number of halogens is 3. The number of ether oxygens (including phenoxy) is 2. The molecular formula is C28H29F3N4O4S. The summed E-state index contributed by atoms with van der Waals surface area (Å²) in [6.45, 7) is 0.932. The SMILES string of the molecule is CN1CCC(Nc2cccc3c2cc(C#CCN2c4ccc(S(C)(=O)=O)cc4OC4OC42)n3CC(F)(F)F)CC1. The number of fused-ring (bicyclic) bond motifs is 3. The number of piperidine rings is 1. The number of nitrogens with zero attached hydrogens (tertiary/aromatic N) is 3. The quantitative estimate of drug-likeness (QED) is 0.364. The van der Waals surface area contributed by atoms with E-state index in [-0.39, 0.29) is 23.2 Å². The highest BCUT2D eigenvalue weighted by Gasteiger charge is 2.50. The van der Waals surface area contributed by atoms with Crippen molar-refractivity contribution < 1.29 is 31.1 Å². The molecule has 2 atom stereocenters. The van der Waals surface area contributed by atoms with Crippen LogP contribution in [0.15, 0.2) is 47.4 Å². The van der Waals surface area contributed by atoms with Crippen molar-refractivity contribution in [3.8, 4) is 17.6 Å². The van der Waals surface area contributed by atoms with Crippen molar-refractivity contribution in [2.45, 2.75) is 49.0 Å². The summed E-state index contributed by atoms with van der Waals surface area (Å²) in [7, 11) is -1.35. The molecule has 0 bridgehead atoms. The largest absolute Gasteiger partial charge is 0.458 e. The first kappa shape index (κ1) is 26.8. The predicted octanol–water partition coefficient (Wildman–Crippen LogP) is 4.05. The molecule has 0 aliphatic carbocycles. The molecule has 1 N–H and O–H groups in total. The van der Waals surface area contributed by atoms with E-state index in [0.717, 1.165) is 37.9 Å². The Bertz CT molecular complexity index is 1620. The van der Waals surface area contributed by atoms with Crippen molar-refractivity contribution in [3.63, 3.8) is 0 Å². The van der Waals surface area contributed by atoms with Crippen molar-refractivity contribution in [2.24, 2.45) is 0 Å². The number of hydrogen-bond acceptors (Lipinski definition) is 7. The highest BCUT2D eigenvalue weighted by molar-refractivity contribution is 7.90. The summed E-state index contributed by atoms with van der Waals surface area (Å²) in [5.74, 6) is 6.33. The summed E-state index contributed by atoms with van der Waals surface area (Å²) in [5, 5.41) is 4.24. The minimum Gasteiger partial charge on any atom is -0.458 e. The third kappa shape index (κ3) is 5.46. The lowest BCUT2D eigenvalue weighted by Gasteiger charge is -2.30. The van der Waals surface area contributed by atoms with Gasteiger partial charge in [-0.05, 0) is 69.2 Å². The molecule has 2 aromatic carbocycles. The number of likely N-dealkylation sites (tertiary alicyclic amines) is 1. The summed E-state index contributed by atoms with van der Waals surface area (Å²) in [5.41, 5.74) is 2.14. The molecule has 8 nitrogen and oxygen atoms in total. The van der Waals surface area contributed by atoms with Gasteiger partial charge < -0.3 is 29.2 Å². The van der Waals surface area contributed by atoms with Crippen molar-refractivity contribution in [2.75, 3.05) is 43.2 Å². The summed E-state index contributed by atoms with van der Waals surface area (Å²) in [6, 6.07) is 11.9. The number of alkyl halides is 3. The van der Waals surface area contributed by atoms with E-state index in [4.69, 9.17) is 9.47 Å². The van der Waals surface area contributed by atoms with Gasteiger partial charge in [0.1, 0.15) is 12.3 Å². The molecule has 212 valence electrons. The van der Waals surface area contributed by atoms with E-state index in [1.807, 2.05) is 11.0 Å². The topological polar surface area (TPSA) is 79.3 Å². The van der Waals surface area contributed by atoms with Crippen LogP contribution in [0.3, 0.4) is 0 Å². The Morgan fingerprint density at radius 1 is 1.12 bits per heavy atom. The zero-order valence-electron chi connectivity index (χ0n) is 22.0. The minimum atomic E-state index is -4.42. The summed E-state index contributed by atoms with van der Waals surface area (Å²) in [6.07, 6.45) is -2.33. The fourth-order valence-electron chi connectivity index (χ4n) is 5.34. The first-order chi connectivity index (χ1) is 19.0. The number of epoxide rings is 1. The Morgan fingerprint density at radius 3 is 2.62 bits per heavy atom. The second kappa shape index (κ2) is 9.90. The van der Waals surface area contributed by atoms with Gasteiger partial charge in [-0.25, -0.2) is 8.42 Å². The normalized spacial score (nSPS) is 21.3. The molecule has 6 rings (SSSR count). The Kier molecular flexibility index (Phi) is 6.64. The van der Waals surface area contributed by atoms with E-state index in [1.54, 1.807) is 24.3 Å². The van der Waals surface area contributed by atoms with Crippen molar-refractivity contribution in [1.29, 1.82) is 0 Å². The lowest BCUT2D eigenvalue weighted by molar-refractivity contribution is -0.140. The van der Waals surface area contributed by atoms with Crippen LogP contribution in [0.2, 0.25) is 0 Å². The fourth-order valence-corrected chi connectivity index (χ4v) is 5.98. The number of aromatic nitrogens is 1. The molecule has 12 heteroatoms. The maximum Gasteiger partial charge on any atom is 0.406 e. The number of anilines is 2. The molecule has 40 heavy (non-hydrogen) atoms. The molecule has 2 saturated heterocycles. The van der Waals surface area contributed by atoms with Gasteiger partial charge in [0.05, 0.1) is 28.3 Å². The van der Waals surface area contributed by atoms with Gasteiger partial charge in [-0.1, -0.05) is 12.0 Å². The molecular weight excluding hydrogens is 545 g/mol. The smallest absolute Gasteiger partial charge is 0.406 e. The monoisotopic (exact) mass is 574 g/mol. The zero-order chi connectivity index (χ0) is 28.2. The van der Waals surface area contributed by atoms with Crippen LogP contribution in [0.1, 0.15) is 18.5 Å². The van der Waals surface area contributed by atoms with Gasteiger partial charge >= 0.3 is 6.18 Å². The summed E-state index contributed by atoms with van der Waals surface area (Å²) >= 11 is 0. The van der Waals surface area contributed by atoms with E-state index in [2.05, 4.69) is 29.1 Å². The Hall–Kier alpha value is -3.40. The van der Waals surface area contributed by atoms with E-state index in [0.29, 0.717) is 22.3 Å². The zero-order valence-corrected chi connectivity index (χ0v) is 22.8. The number of sulfone groups is 1. The van der Waals surface area contributed by atoms with E-state index >= 15 is 0 Å². The van der Waals surface area contributed by atoms with Crippen molar-refractivity contribution in [3.05, 3.63) is 48.2 Å². The van der Waals surface area contributed by atoms with Crippen LogP contribution in [-0.4, -0.2) is 75.6 Å².